The summed E-state index contributed by atoms with van der Waals surface area (Å²) in [7, 11) is 0. The lowest BCUT2D eigenvalue weighted by molar-refractivity contribution is -0.152. The largest absolute Gasteiger partial charge is 0.492 e. The normalized spacial score (nSPS) is 15.6. The number of benzene rings is 2. The van der Waals surface area contributed by atoms with Crippen molar-refractivity contribution < 1.29 is 19.1 Å². The van der Waals surface area contributed by atoms with E-state index in [0.717, 1.165) is 11.1 Å². The summed E-state index contributed by atoms with van der Waals surface area (Å²) in [6.45, 7) is 1.72. The number of hydrogen-bond donors (Lipinski definition) is 1. The predicted molar refractivity (Wildman–Crippen MR) is 99.9 cm³/mol. The smallest absolute Gasteiger partial charge is 0.313 e. The van der Waals surface area contributed by atoms with E-state index in [0.29, 0.717) is 27.9 Å². The standard InChI is InChI=1S/C19H17Cl2NO4/c1-11-2-4-16(15(21)6-11)22-18(23)10-26-19(24)13-7-12-8-14(20)3-5-17(12)25-9-13/h2-6,8,13H,7,9-10H2,1H3,(H,22,23)/t13-/m0/s1. The van der Waals surface area contributed by atoms with Crippen LogP contribution in [0.2, 0.25) is 10.0 Å². The summed E-state index contributed by atoms with van der Waals surface area (Å²) < 4.78 is 10.7. The second-order valence-electron chi connectivity index (χ2n) is 6.10. The fourth-order valence-corrected chi connectivity index (χ4v) is 3.15. The molecular weight excluding hydrogens is 377 g/mol. The average molecular weight is 394 g/mol. The van der Waals surface area contributed by atoms with Crippen molar-refractivity contribution in [3.63, 3.8) is 0 Å². The summed E-state index contributed by atoms with van der Waals surface area (Å²) in [5, 5.41) is 3.63. The van der Waals surface area contributed by atoms with Crippen LogP contribution in [0.1, 0.15) is 11.1 Å². The molecule has 136 valence electrons. The molecule has 7 heteroatoms. The van der Waals surface area contributed by atoms with E-state index in [1.165, 1.54) is 0 Å². The van der Waals surface area contributed by atoms with Crippen LogP contribution in [-0.4, -0.2) is 25.1 Å². The second-order valence-corrected chi connectivity index (χ2v) is 6.95. The minimum Gasteiger partial charge on any atom is -0.492 e. The van der Waals surface area contributed by atoms with Gasteiger partial charge in [-0.15, -0.1) is 0 Å². The van der Waals surface area contributed by atoms with Crippen LogP contribution in [0.15, 0.2) is 36.4 Å². The highest BCUT2D eigenvalue weighted by Crippen LogP contribution is 2.30. The topological polar surface area (TPSA) is 64.6 Å². The lowest BCUT2D eigenvalue weighted by Gasteiger charge is -2.24. The number of ether oxygens (including phenoxy) is 2. The van der Waals surface area contributed by atoms with Gasteiger partial charge in [-0.3, -0.25) is 9.59 Å². The highest BCUT2D eigenvalue weighted by atomic mass is 35.5. The summed E-state index contributed by atoms with van der Waals surface area (Å²) in [5.74, 6) is -0.702. The molecule has 0 saturated carbocycles. The average Bonchev–Trinajstić information content (AvgIpc) is 2.61. The highest BCUT2D eigenvalue weighted by Gasteiger charge is 2.28. The van der Waals surface area contributed by atoms with Gasteiger partial charge >= 0.3 is 5.97 Å². The Hall–Kier alpha value is -2.24. The minimum atomic E-state index is -0.485. The van der Waals surface area contributed by atoms with Crippen molar-refractivity contribution in [3.05, 3.63) is 57.6 Å². The highest BCUT2D eigenvalue weighted by molar-refractivity contribution is 6.33. The first-order valence-electron chi connectivity index (χ1n) is 8.06. The molecule has 0 spiro atoms. The number of fused-ring (bicyclic) bond motifs is 1. The Morgan fingerprint density at radius 3 is 2.81 bits per heavy atom. The predicted octanol–water partition coefficient (Wildman–Crippen LogP) is 4.03. The summed E-state index contributed by atoms with van der Waals surface area (Å²) in [6, 6.07) is 10.5. The molecule has 0 aromatic heterocycles. The third-order valence-corrected chi connectivity index (χ3v) is 4.55. The number of hydrogen-bond acceptors (Lipinski definition) is 4. The SMILES string of the molecule is Cc1ccc(NC(=O)COC(=O)[C@@H]2COc3ccc(Cl)cc3C2)c(Cl)c1. The molecule has 3 rings (SSSR count). The molecular formula is C19H17Cl2NO4. The number of aryl methyl sites for hydroxylation is 1. The maximum Gasteiger partial charge on any atom is 0.313 e. The van der Waals surface area contributed by atoms with Gasteiger partial charge in [-0.2, -0.15) is 0 Å². The van der Waals surface area contributed by atoms with Crippen molar-refractivity contribution in [2.75, 3.05) is 18.5 Å². The van der Waals surface area contributed by atoms with Crippen LogP contribution in [0.3, 0.4) is 0 Å². The molecule has 1 heterocycles. The number of carbonyl (C=O) groups is 2. The number of amides is 1. The van der Waals surface area contributed by atoms with E-state index in [-0.39, 0.29) is 13.2 Å². The quantitative estimate of drug-likeness (QED) is 0.796. The molecule has 5 nitrogen and oxygen atoms in total. The number of carbonyl (C=O) groups excluding carboxylic acids is 2. The van der Waals surface area contributed by atoms with Crippen molar-refractivity contribution in [2.24, 2.45) is 5.92 Å². The van der Waals surface area contributed by atoms with Gasteiger partial charge in [0.25, 0.3) is 5.91 Å². The Kier molecular flexibility index (Phi) is 5.69. The summed E-state index contributed by atoms with van der Waals surface area (Å²) >= 11 is 12.0. The zero-order valence-corrected chi connectivity index (χ0v) is 15.6. The number of halogens is 2. The van der Waals surface area contributed by atoms with Crippen molar-refractivity contribution in [1.82, 2.24) is 0 Å². The van der Waals surface area contributed by atoms with Crippen LogP contribution in [0.25, 0.3) is 0 Å². The van der Waals surface area contributed by atoms with E-state index < -0.39 is 17.8 Å². The van der Waals surface area contributed by atoms with Gasteiger partial charge < -0.3 is 14.8 Å². The van der Waals surface area contributed by atoms with E-state index in [9.17, 15) is 9.59 Å². The van der Waals surface area contributed by atoms with Crippen LogP contribution in [0.4, 0.5) is 5.69 Å². The van der Waals surface area contributed by atoms with E-state index in [2.05, 4.69) is 5.32 Å². The first-order chi connectivity index (χ1) is 12.4. The van der Waals surface area contributed by atoms with Crippen LogP contribution >= 0.6 is 23.2 Å². The van der Waals surface area contributed by atoms with Crippen LogP contribution in [0.5, 0.6) is 5.75 Å². The van der Waals surface area contributed by atoms with Gasteiger partial charge in [-0.1, -0.05) is 29.3 Å². The van der Waals surface area contributed by atoms with Crippen molar-refractivity contribution in [1.29, 1.82) is 0 Å². The van der Waals surface area contributed by atoms with E-state index in [1.807, 2.05) is 13.0 Å². The number of esters is 1. The lowest BCUT2D eigenvalue weighted by Crippen LogP contribution is -2.32. The molecule has 0 saturated heterocycles. The van der Waals surface area contributed by atoms with Crippen molar-refractivity contribution in [3.8, 4) is 5.75 Å². The maximum atomic E-state index is 12.2. The van der Waals surface area contributed by atoms with Gasteiger partial charge in [0.05, 0.1) is 16.6 Å². The molecule has 0 bridgehead atoms. The first-order valence-corrected chi connectivity index (χ1v) is 8.82. The van der Waals surface area contributed by atoms with E-state index in [4.69, 9.17) is 32.7 Å². The van der Waals surface area contributed by atoms with E-state index in [1.54, 1.807) is 30.3 Å². The molecule has 0 fully saturated rings. The molecule has 1 aliphatic rings. The monoisotopic (exact) mass is 393 g/mol. The fourth-order valence-electron chi connectivity index (χ4n) is 2.68. The van der Waals surface area contributed by atoms with Gasteiger partial charge in [0, 0.05) is 5.02 Å². The molecule has 1 atom stereocenters. The molecule has 0 radical (unpaired) electrons. The zero-order valence-electron chi connectivity index (χ0n) is 14.1. The van der Waals surface area contributed by atoms with Gasteiger partial charge in [0.1, 0.15) is 12.4 Å². The fraction of sp³-hybridized carbons (Fsp3) is 0.263. The lowest BCUT2D eigenvalue weighted by atomic mass is 9.97. The van der Waals surface area contributed by atoms with Crippen molar-refractivity contribution >= 4 is 40.8 Å². The maximum absolute atomic E-state index is 12.2. The minimum absolute atomic E-state index is 0.207. The molecule has 2 aromatic carbocycles. The Bertz CT molecular complexity index is 853. The van der Waals surface area contributed by atoms with Gasteiger partial charge in [-0.25, -0.2) is 0 Å². The molecule has 1 aliphatic heterocycles. The number of anilines is 1. The van der Waals surface area contributed by atoms with E-state index >= 15 is 0 Å². The third kappa shape index (κ3) is 4.48. The van der Waals surface area contributed by atoms with Crippen LogP contribution in [-0.2, 0) is 20.7 Å². The Morgan fingerprint density at radius 1 is 1.23 bits per heavy atom. The number of rotatable bonds is 4. The van der Waals surface area contributed by atoms with Gasteiger partial charge in [-0.05, 0) is 54.8 Å². The van der Waals surface area contributed by atoms with Gasteiger partial charge in [0.2, 0.25) is 0 Å². The molecule has 2 aromatic rings. The summed E-state index contributed by atoms with van der Waals surface area (Å²) in [4.78, 5) is 24.2. The van der Waals surface area contributed by atoms with Gasteiger partial charge in [0.15, 0.2) is 6.61 Å². The van der Waals surface area contributed by atoms with Crippen molar-refractivity contribution in [2.45, 2.75) is 13.3 Å². The Labute approximate surface area is 161 Å². The zero-order chi connectivity index (χ0) is 18.7. The molecule has 26 heavy (non-hydrogen) atoms. The van der Waals surface area contributed by atoms with Crippen LogP contribution < -0.4 is 10.1 Å². The van der Waals surface area contributed by atoms with Crippen LogP contribution in [0, 0.1) is 12.8 Å². The Morgan fingerprint density at radius 2 is 2.04 bits per heavy atom. The second kappa shape index (κ2) is 7.98. The Balaban J connectivity index is 1.53. The first kappa shape index (κ1) is 18.5. The molecule has 1 amide bonds. The third-order valence-electron chi connectivity index (χ3n) is 4.01. The summed E-state index contributed by atoms with van der Waals surface area (Å²) in [5.41, 5.74) is 2.31. The number of nitrogens with one attached hydrogen (secondary N) is 1. The summed E-state index contributed by atoms with van der Waals surface area (Å²) in [6.07, 6.45) is 0.458. The molecule has 1 N–H and O–H groups in total. The molecule has 0 unspecified atom stereocenters. The molecule has 0 aliphatic carbocycles.